The lowest BCUT2D eigenvalue weighted by molar-refractivity contribution is -0.145. The number of esters is 1. The highest BCUT2D eigenvalue weighted by Gasteiger charge is 2.22. The van der Waals surface area contributed by atoms with Gasteiger partial charge in [0.15, 0.2) is 12.6 Å². The first-order valence-electron chi connectivity index (χ1n) is 16.2. The maximum absolute atomic E-state index is 12.5. The van der Waals surface area contributed by atoms with E-state index < -0.39 is 0 Å². The second-order valence-corrected chi connectivity index (χ2v) is 12.5. The zero-order chi connectivity index (χ0) is 28.3. The van der Waals surface area contributed by atoms with E-state index in [0.29, 0.717) is 17.9 Å². The summed E-state index contributed by atoms with van der Waals surface area (Å²) in [5.41, 5.74) is 0.857. The molecule has 0 N–H and O–H groups in total. The average Bonchev–Trinajstić information content (AvgIpc) is 2.97. The van der Waals surface area contributed by atoms with E-state index in [4.69, 9.17) is 23.7 Å². The van der Waals surface area contributed by atoms with Crippen molar-refractivity contribution in [3.05, 3.63) is 21.3 Å². The Bertz CT molecular complexity index is 778. The number of unbranched alkanes of at least 4 members (excludes halogenated alkanes) is 12. The lowest BCUT2D eigenvalue weighted by Crippen LogP contribution is -2.27. The molecule has 2 unspecified atom stereocenters. The third-order valence-electron chi connectivity index (χ3n) is 7.74. The zero-order valence-electron chi connectivity index (χ0n) is 24.9. The number of carbonyl (C=O) groups is 1. The molecule has 2 heterocycles. The molecule has 0 aliphatic carbocycles. The smallest absolute Gasteiger partial charge is 0.306 e. The average molecular weight is 673 g/mol. The second kappa shape index (κ2) is 20.8. The topological polar surface area (TPSA) is 63.2 Å². The number of benzene rings is 1. The lowest BCUT2D eigenvalue weighted by atomic mass is 10.0. The first-order chi connectivity index (χ1) is 19.7. The number of rotatable bonds is 20. The predicted molar refractivity (Wildman–Crippen MR) is 168 cm³/mol. The van der Waals surface area contributed by atoms with Crippen molar-refractivity contribution in [1.82, 2.24) is 0 Å². The zero-order valence-corrected chi connectivity index (χ0v) is 27.1. The summed E-state index contributed by atoms with van der Waals surface area (Å²) < 4.78 is 30.6. The molecule has 0 aromatic heterocycles. The fraction of sp³-hybridized carbons (Fsp3) is 0.788. The van der Waals surface area contributed by atoms with E-state index in [1.165, 1.54) is 70.6 Å². The summed E-state index contributed by atoms with van der Waals surface area (Å²) in [4.78, 5) is 12.5. The summed E-state index contributed by atoms with van der Waals surface area (Å²) in [5, 5.41) is 0. The highest BCUT2D eigenvalue weighted by atomic mass is 127. The Hall–Kier alpha value is -1.06. The summed E-state index contributed by atoms with van der Waals surface area (Å²) in [6.45, 7) is 3.92. The minimum Gasteiger partial charge on any atom is -0.464 e. The molecule has 2 aliphatic rings. The number of carbonyl (C=O) groups excluding carboxylic acids is 1. The Morgan fingerprint density at radius 2 is 1.23 bits per heavy atom. The molecule has 3 rings (SSSR count). The van der Waals surface area contributed by atoms with Gasteiger partial charge in [0.2, 0.25) is 0 Å². The van der Waals surface area contributed by atoms with Crippen molar-refractivity contribution in [2.24, 2.45) is 0 Å². The fourth-order valence-electron chi connectivity index (χ4n) is 5.30. The number of hydrogen-bond acceptors (Lipinski definition) is 6. The van der Waals surface area contributed by atoms with Crippen molar-refractivity contribution >= 4 is 28.6 Å². The van der Waals surface area contributed by atoms with E-state index >= 15 is 0 Å². The number of ether oxygens (including phenoxy) is 5. The van der Waals surface area contributed by atoms with E-state index in [1.807, 2.05) is 12.1 Å². The van der Waals surface area contributed by atoms with Crippen LogP contribution in [-0.4, -0.2) is 31.8 Å². The molecular formula is C33H53IO6. The normalized spacial score (nSPS) is 19.4. The summed E-state index contributed by atoms with van der Waals surface area (Å²) >= 11 is 2.27. The third kappa shape index (κ3) is 13.7. The van der Waals surface area contributed by atoms with E-state index in [0.717, 1.165) is 73.7 Å². The lowest BCUT2D eigenvalue weighted by Gasteiger charge is -2.27. The summed E-state index contributed by atoms with van der Waals surface area (Å²) in [6, 6.07) is 3.90. The van der Waals surface area contributed by atoms with Crippen molar-refractivity contribution in [3.8, 4) is 11.5 Å². The Kier molecular flexibility index (Phi) is 17.4. The molecule has 0 spiro atoms. The van der Waals surface area contributed by atoms with Crippen molar-refractivity contribution < 1.29 is 28.5 Å². The maximum atomic E-state index is 12.5. The number of hydrogen-bond donors (Lipinski definition) is 0. The standard InChI is InChI=1S/C33H53IO6/c1-2-3-4-5-6-7-8-9-10-11-12-13-14-19-30(35)38-26-27-24-28(39-31-20-15-17-22-36-31)33(34)29(25-27)40-32-21-16-18-23-37-32/h24-25,31-32H,2-23,26H2,1H3. The van der Waals surface area contributed by atoms with Crippen molar-refractivity contribution in [2.45, 2.75) is 155 Å². The summed E-state index contributed by atoms with van der Waals surface area (Å²) in [6.07, 6.45) is 22.8. The van der Waals surface area contributed by atoms with Gasteiger partial charge in [-0.2, -0.15) is 0 Å². The van der Waals surface area contributed by atoms with Crippen LogP contribution in [0.1, 0.15) is 141 Å². The molecule has 7 heteroatoms. The molecule has 0 amide bonds. The molecule has 1 aromatic carbocycles. The highest BCUT2D eigenvalue weighted by Crippen LogP contribution is 2.35. The molecule has 228 valence electrons. The van der Waals surface area contributed by atoms with Crippen LogP contribution in [0.15, 0.2) is 12.1 Å². The van der Waals surface area contributed by atoms with Crippen LogP contribution in [0, 0.1) is 3.57 Å². The minimum atomic E-state index is -0.255. The molecule has 0 saturated carbocycles. The van der Waals surface area contributed by atoms with Gasteiger partial charge < -0.3 is 23.7 Å². The van der Waals surface area contributed by atoms with Crippen molar-refractivity contribution in [1.29, 1.82) is 0 Å². The maximum Gasteiger partial charge on any atom is 0.306 e. The fourth-order valence-corrected chi connectivity index (χ4v) is 5.86. The molecule has 2 aliphatic heterocycles. The molecule has 2 fully saturated rings. The van der Waals surface area contributed by atoms with E-state index in [1.54, 1.807) is 0 Å². The molecule has 6 nitrogen and oxygen atoms in total. The van der Waals surface area contributed by atoms with E-state index in [9.17, 15) is 4.79 Å². The van der Waals surface area contributed by atoms with E-state index in [2.05, 4.69) is 29.5 Å². The van der Waals surface area contributed by atoms with Gasteiger partial charge in [-0.25, -0.2) is 0 Å². The van der Waals surface area contributed by atoms with E-state index in [-0.39, 0.29) is 25.2 Å². The molecule has 0 bridgehead atoms. The molecule has 40 heavy (non-hydrogen) atoms. The monoisotopic (exact) mass is 672 g/mol. The van der Waals surface area contributed by atoms with Crippen molar-refractivity contribution in [2.75, 3.05) is 13.2 Å². The SMILES string of the molecule is CCCCCCCCCCCCCCCC(=O)OCc1cc(OC2CCCCO2)c(I)c(OC2CCCCO2)c1. The quantitative estimate of drug-likeness (QED) is 0.0781. The van der Waals surface area contributed by atoms with Gasteiger partial charge in [-0.15, -0.1) is 0 Å². The van der Waals surface area contributed by atoms with Gasteiger partial charge in [0.25, 0.3) is 0 Å². The molecule has 1 aromatic rings. The van der Waals surface area contributed by atoms with Gasteiger partial charge in [-0.1, -0.05) is 84.0 Å². The van der Waals surface area contributed by atoms with Gasteiger partial charge in [-0.05, 0) is 72.4 Å². The first-order valence-corrected chi connectivity index (χ1v) is 17.3. The van der Waals surface area contributed by atoms with Gasteiger partial charge in [0.1, 0.15) is 18.1 Å². The largest absolute Gasteiger partial charge is 0.464 e. The second-order valence-electron chi connectivity index (χ2n) is 11.4. The summed E-state index contributed by atoms with van der Waals surface area (Å²) in [5.74, 6) is 1.28. The van der Waals surface area contributed by atoms with Gasteiger partial charge in [-0.3, -0.25) is 4.79 Å². The van der Waals surface area contributed by atoms with Gasteiger partial charge >= 0.3 is 5.97 Å². The van der Waals surface area contributed by atoms with Crippen LogP contribution in [0.5, 0.6) is 11.5 Å². The molecular weight excluding hydrogens is 619 g/mol. The Morgan fingerprint density at radius 3 is 1.68 bits per heavy atom. The predicted octanol–water partition coefficient (Wildman–Crippen LogP) is 9.63. The van der Waals surface area contributed by atoms with Crippen LogP contribution in [0.25, 0.3) is 0 Å². The van der Waals surface area contributed by atoms with Crippen LogP contribution < -0.4 is 9.47 Å². The first kappa shape index (κ1) is 33.4. The molecule has 2 atom stereocenters. The van der Waals surface area contributed by atoms with Crippen molar-refractivity contribution in [3.63, 3.8) is 0 Å². The number of halogens is 1. The van der Waals surface area contributed by atoms with Crippen LogP contribution in [0.3, 0.4) is 0 Å². The molecule has 2 saturated heterocycles. The Labute approximate surface area is 256 Å². The third-order valence-corrected chi connectivity index (χ3v) is 8.81. The van der Waals surface area contributed by atoms with Gasteiger partial charge in [0.05, 0.1) is 16.8 Å². The van der Waals surface area contributed by atoms with Crippen LogP contribution >= 0.6 is 22.6 Å². The summed E-state index contributed by atoms with van der Waals surface area (Å²) in [7, 11) is 0. The van der Waals surface area contributed by atoms with Crippen LogP contribution in [0.4, 0.5) is 0 Å². The Morgan fingerprint density at radius 1 is 0.750 bits per heavy atom. The Balaban J connectivity index is 1.36. The van der Waals surface area contributed by atoms with Crippen LogP contribution in [-0.2, 0) is 25.6 Å². The van der Waals surface area contributed by atoms with Crippen LogP contribution in [0.2, 0.25) is 0 Å². The van der Waals surface area contributed by atoms with Gasteiger partial charge in [0, 0.05) is 19.3 Å². The minimum absolute atomic E-state index is 0.141. The highest BCUT2D eigenvalue weighted by molar-refractivity contribution is 14.1. The molecule has 0 radical (unpaired) electrons.